The SMILES string of the molecule is CC(C)(C)OC(=O)N(CCc1ccc(NS(=O)(=O)c2ccc(-c3cnc(CCC4CCCC4)o3)cc2)cc1)C[C@H](O)c1cccnc1. The van der Waals surface area contributed by atoms with Crippen LogP contribution in [0.25, 0.3) is 11.3 Å². The molecule has 1 fully saturated rings. The fourth-order valence-corrected chi connectivity index (χ4v) is 6.73. The van der Waals surface area contributed by atoms with E-state index in [-0.39, 0.29) is 18.0 Å². The lowest BCUT2D eigenvalue weighted by molar-refractivity contribution is 0.0146. The van der Waals surface area contributed by atoms with Crippen molar-refractivity contribution < 1.29 is 27.5 Å². The first kappa shape index (κ1) is 34.1. The number of sulfonamides is 1. The van der Waals surface area contributed by atoms with E-state index in [1.165, 1.54) is 30.6 Å². The standard InChI is InChI=1S/C36H44N4O6S/c1-36(2,3)46-35(42)40(25-32(41)29-9-6-21-37-23-29)22-20-27-10-15-30(16-11-27)39-47(43,44)31-17-13-28(14-18-31)33-24-38-34(45-33)19-12-26-7-4-5-8-26/h6,9-11,13-18,21,23-24,26,32,39,41H,4-5,7-8,12,19-20,22,25H2,1-3H3/t32-/m0/s1. The number of aromatic nitrogens is 2. The Balaban J connectivity index is 1.17. The number of amides is 1. The molecule has 1 atom stereocenters. The number of aliphatic hydroxyl groups is 1. The van der Waals surface area contributed by atoms with E-state index in [0.717, 1.165) is 29.9 Å². The average molecular weight is 661 g/mol. The van der Waals surface area contributed by atoms with Crippen LogP contribution in [0.1, 0.15) is 76.0 Å². The van der Waals surface area contributed by atoms with E-state index in [0.29, 0.717) is 29.3 Å². The molecule has 0 saturated heterocycles. The number of aryl methyl sites for hydroxylation is 1. The minimum atomic E-state index is -3.83. The first-order chi connectivity index (χ1) is 22.4. The minimum absolute atomic E-state index is 0.0370. The number of carbonyl (C=O) groups is 1. The summed E-state index contributed by atoms with van der Waals surface area (Å²) in [7, 11) is -3.83. The van der Waals surface area contributed by atoms with E-state index in [1.807, 2.05) is 0 Å². The first-order valence-corrected chi connectivity index (χ1v) is 17.7. The van der Waals surface area contributed by atoms with Crippen LogP contribution in [-0.2, 0) is 27.6 Å². The Kier molecular flexibility index (Phi) is 11.0. The van der Waals surface area contributed by atoms with Gasteiger partial charge in [0.15, 0.2) is 11.7 Å². The fraction of sp³-hybridized carbons (Fsp3) is 0.417. The number of nitrogens with zero attached hydrogens (tertiary/aromatic N) is 3. The molecule has 1 aliphatic rings. The molecule has 2 aromatic carbocycles. The van der Waals surface area contributed by atoms with Gasteiger partial charge in [-0.2, -0.15) is 0 Å². The molecule has 0 bridgehead atoms. The van der Waals surface area contributed by atoms with Crippen LogP contribution >= 0.6 is 0 Å². The number of ether oxygens (including phenoxy) is 1. The number of aliphatic hydroxyl groups excluding tert-OH is 1. The summed E-state index contributed by atoms with van der Waals surface area (Å²) in [6.45, 7) is 5.70. The van der Waals surface area contributed by atoms with Gasteiger partial charge in [0.25, 0.3) is 10.0 Å². The van der Waals surface area contributed by atoms with Crippen molar-refractivity contribution in [3.05, 3.63) is 96.3 Å². The molecule has 0 unspecified atom stereocenters. The van der Waals surface area contributed by atoms with Gasteiger partial charge >= 0.3 is 6.09 Å². The molecule has 0 radical (unpaired) electrons. The number of benzene rings is 2. The highest BCUT2D eigenvalue weighted by atomic mass is 32.2. The molecular formula is C36H44N4O6S. The Bertz CT molecular complexity index is 1690. The molecular weight excluding hydrogens is 616 g/mol. The van der Waals surface area contributed by atoms with Crippen LogP contribution in [0.5, 0.6) is 0 Å². The lowest BCUT2D eigenvalue weighted by Crippen LogP contribution is -2.40. The minimum Gasteiger partial charge on any atom is -0.444 e. The Morgan fingerprint density at radius 3 is 2.43 bits per heavy atom. The zero-order valence-corrected chi connectivity index (χ0v) is 28.1. The highest BCUT2D eigenvalue weighted by molar-refractivity contribution is 7.92. The van der Waals surface area contributed by atoms with Gasteiger partial charge in [0.2, 0.25) is 0 Å². The summed E-state index contributed by atoms with van der Waals surface area (Å²) in [5.41, 5.74) is 1.97. The molecule has 1 aliphatic carbocycles. The number of pyridine rings is 1. The number of carbonyl (C=O) groups excluding carboxylic acids is 1. The second-order valence-electron chi connectivity index (χ2n) is 13.1. The van der Waals surface area contributed by atoms with Crippen LogP contribution < -0.4 is 4.72 Å². The monoisotopic (exact) mass is 660 g/mol. The summed E-state index contributed by atoms with van der Waals surface area (Å²) in [5.74, 6) is 2.10. The fourth-order valence-electron chi connectivity index (χ4n) is 5.67. The van der Waals surface area contributed by atoms with Crippen LogP contribution in [-0.4, -0.2) is 53.2 Å². The van der Waals surface area contributed by atoms with Gasteiger partial charge < -0.3 is 19.2 Å². The number of rotatable bonds is 13. The third-order valence-corrected chi connectivity index (χ3v) is 9.63. The highest BCUT2D eigenvalue weighted by Gasteiger charge is 2.25. The van der Waals surface area contributed by atoms with E-state index in [9.17, 15) is 18.3 Å². The van der Waals surface area contributed by atoms with E-state index in [4.69, 9.17) is 9.15 Å². The normalized spacial score (nSPS) is 14.6. The number of nitrogens with one attached hydrogen (secondary N) is 1. The lowest BCUT2D eigenvalue weighted by Gasteiger charge is -2.29. The summed E-state index contributed by atoms with van der Waals surface area (Å²) in [4.78, 5) is 23.0. The molecule has 4 aromatic rings. The Morgan fingerprint density at radius 1 is 1.04 bits per heavy atom. The Morgan fingerprint density at radius 2 is 1.77 bits per heavy atom. The van der Waals surface area contributed by atoms with Crippen molar-refractivity contribution >= 4 is 21.8 Å². The van der Waals surface area contributed by atoms with E-state index in [1.54, 1.807) is 100 Å². The predicted molar refractivity (Wildman–Crippen MR) is 180 cm³/mol. The van der Waals surface area contributed by atoms with Gasteiger partial charge in [0.1, 0.15) is 5.60 Å². The first-order valence-electron chi connectivity index (χ1n) is 16.2. The van der Waals surface area contributed by atoms with Crippen molar-refractivity contribution in [2.75, 3.05) is 17.8 Å². The molecule has 11 heteroatoms. The summed E-state index contributed by atoms with van der Waals surface area (Å²) >= 11 is 0. The molecule has 0 spiro atoms. The van der Waals surface area contributed by atoms with Gasteiger partial charge in [-0.25, -0.2) is 18.2 Å². The molecule has 5 rings (SSSR count). The number of hydrogen-bond acceptors (Lipinski definition) is 8. The third kappa shape index (κ3) is 9.89. The van der Waals surface area contributed by atoms with Gasteiger partial charge in [-0.1, -0.05) is 43.9 Å². The van der Waals surface area contributed by atoms with Crippen molar-refractivity contribution in [3.8, 4) is 11.3 Å². The van der Waals surface area contributed by atoms with Crippen LogP contribution in [0.4, 0.5) is 10.5 Å². The third-order valence-electron chi connectivity index (χ3n) is 8.23. The molecule has 47 heavy (non-hydrogen) atoms. The second-order valence-corrected chi connectivity index (χ2v) is 14.8. The van der Waals surface area contributed by atoms with E-state index in [2.05, 4.69) is 14.7 Å². The molecule has 0 aliphatic heterocycles. The van der Waals surface area contributed by atoms with Gasteiger partial charge in [-0.05, 0) is 87.6 Å². The maximum Gasteiger partial charge on any atom is 0.410 e. The lowest BCUT2D eigenvalue weighted by atomic mass is 10.0. The highest BCUT2D eigenvalue weighted by Crippen LogP contribution is 2.30. The quantitative estimate of drug-likeness (QED) is 0.154. The van der Waals surface area contributed by atoms with E-state index < -0.39 is 27.8 Å². The molecule has 250 valence electrons. The van der Waals surface area contributed by atoms with Gasteiger partial charge in [0, 0.05) is 42.2 Å². The van der Waals surface area contributed by atoms with Crippen LogP contribution in [0, 0.1) is 5.92 Å². The van der Waals surface area contributed by atoms with Crippen molar-refractivity contribution in [2.45, 2.75) is 82.3 Å². The zero-order valence-electron chi connectivity index (χ0n) is 27.3. The summed E-state index contributed by atoms with van der Waals surface area (Å²) in [5, 5.41) is 10.7. The molecule has 2 aromatic heterocycles. The molecule has 2 heterocycles. The number of anilines is 1. The van der Waals surface area contributed by atoms with Crippen molar-refractivity contribution in [1.29, 1.82) is 0 Å². The van der Waals surface area contributed by atoms with Gasteiger partial charge in [0.05, 0.1) is 23.7 Å². The van der Waals surface area contributed by atoms with Gasteiger partial charge in [-0.15, -0.1) is 0 Å². The molecule has 2 N–H and O–H groups in total. The second kappa shape index (κ2) is 15.1. The van der Waals surface area contributed by atoms with Crippen molar-refractivity contribution in [1.82, 2.24) is 14.9 Å². The largest absolute Gasteiger partial charge is 0.444 e. The van der Waals surface area contributed by atoms with Crippen LogP contribution in [0.15, 0.2) is 88.6 Å². The molecule has 10 nitrogen and oxygen atoms in total. The summed E-state index contributed by atoms with van der Waals surface area (Å²) in [6.07, 6.45) is 11.0. The molecule has 1 amide bonds. The Labute approximate surface area is 277 Å². The smallest absolute Gasteiger partial charge is 0.410 e. The van der Waals surface area contributed by atoms with Crippen molar-refractivity contribution in [2.24, 2.45) is 5.92 Å². The number of oxazole rings is 1. The predicted octanol–water partition coefficient (Wildman–Crippen LogP) is 7.17. The average Bonchev–Trinajstić information content (AvgIpc) is 3.75. The summed E-state index contributed by atoms with van der Waals surface area (Å²) in [6, 6.07) is 17.0. The van der Waals surface area contributed by atoms with Crippen LogP contribution in [0.3, 0.4) is 0 Å². The van der Waals surface area contributed by atoms with E-state index >= 15 is 0 Å². The van der Waals surface area contributed by atoms with Crippen LogP contribution in [0.2, 0.25) is 0 Å². The Hall–Kier alpha value is -4.22. The topological polar surface area (TPSA) is 135 Å². The van der Waals surface area contributed by atoms with Crippen molar-refractivity contribution in [3.63, 3.8) is 0 Å². The summed E-state index contributed by atoms with van der Waals surface area (Å²) < 4.78 is 40.4. The van der Waals surface area contributed by atoms with Gasteiger partial charge in [-0.3, -0.25) is 9.71 Å². The molecule has 1 saturated carbocycles. The zero-order chi connectivity index (χ0) is 33.4. The maximum absolute atomic E-state index is 13.1. The number of hydrogen-bond donors (Lipinski definition) is 2. The maximum atomic E-state index is 13.1.